The molecule has 2 aliphatic rings. The van der Waals surface area contributed by atoms with E-state index in [1.807, 2.05) is 11.8 Å². The van der Waals surface area contributed by atoms with Gasteiger partial charge in [0, 0.05) is 48.6 Å². The molecule has 8 heteroatoms. The van der Waals surface area contributed by atoms with Crippen LogP contribution in [0.3, 0.4) is 0 Å². The molecular weight excluding hydrogens is 436 g/mol. The van der Waals surface area contributed by atoms with Crippen LogP contribution in [0.4, 0.5) is 14.6 Å². The van der Waals surface area contributed by atoms with Crippen molar-refractivity contribution in [2.24, 2.45) is 5.92 Å². The molecule has 0 saturated carbocycles. The highest BCUT2D eigenvalue weighted by molar-refractivity contribution is 5.47. The Labute approximate surface area is 201 Å². The van der Waals surface area contributed by atoms with E-state index >= 15 is 8.78 Å². The molecule has 0 aliphatic carbocycles. The van der Waals surface area contributed by atoms with Crippen LogP contribution in [0.2, 0.25) is 0 Å². The van der Waals surface area contributed by atoms with Gasteiger partial charge in [-0.2, -0.15) is 0 Å². The maximum absolute atomic E-state index is 15.0. The topological polar surface area (TPSA) is 74.2 Å². The molecule has 6 nitrogen and oxygen atoms in total. The summed E-state index contributed by atoms with van der Waals surface area (Å²) in [7, 11) is 0. The molecule has 2 aromatic heterocycles. The minimum absolute atomic E-state index is 0.0802. The summed E-state index contributed by atoms with van der Waals surface area (Å²) in [6.45, 7) is 3.70. The highest BCUT2D eigenvalue weighted by Gasteiger charge is 2.44. The zero-order valence-electron chi connectivity index (χ0n) is 20.1. The molecule has 186 valence electrons. The smallest absolute Gasteiger partial charge is 0.252 e. The SMILES string of the molecule is CCc1ncncc1C(CO)N1CC[C@@H](C(F)(F)CCCCCc2ccc3c(n2)NCCC3)C1. The molecule has 0 spiro atoms. The fourth-order valence-corrected chi connectivity index (χ4v) is 5.32. The lowest BCUT2D eigenvalue weighted by atomic mass is 9.95. The van der Waals surface area contributed by atoms with Crippen LogP contribution in [-0.2, 0) is 19.3 Å². The third-order valence-corrected chi connectivity index (χ3v) is 7.35. The van der Waals surface area contributed by atoms with Gasteiger partial charge in [-0.05, 0) is 63.1 Å². The third kappa shape index (κ3) is 5.89. The molecule has 2 aromatic rings. The monoisotopic (exact) mass is 473 g/mol. The van der Waals surface area contributed by atoms with E-state index in [9.17, 15) is 5.11 Å². The normalized spacial score (nSPS) is 19.6. The molecule has 0 aromatic carbocycles. The molecule has 4 rings (SSSR count). The van der Waals surface area contributed by atoms with Gasteiger partial charge in [0.2, 0.25) is 0 Å². The Bertz CT molecular complexity index is 941. The lowest BCUT2D eigenvalue weighted by molar-refractivity contribution is -0.0645. The summed E-state index contributed by atoms with van der Waals surface area (Å²) in [6, 6.07) is 3.90. The van der Waals surface area contributed by atoms with Crippen molar-refractivity contribution >= 4 is 5.82 Å². The van der Waals surface area contributed by atoms with Crippen molar-refractivity contribution in [1.29, 1.82) is 0 Å². The number of fused-ring (bicyclic) bond motifs is 1. The Balaban J connectivity index is 1.23. The zero-order valence-corrected chi connectivity index (χ0v) is 20.1. The zero-order chi connectivity index (χ0) is 24.0. The number of unbranched alkanes of at least 4 members (excludes halogenated alkanes) is 2. The number of nitrogens with one attached hydrogen (secondary N) is 1. The van der Waals surface area contributed by atoms with Crippen LogP contribution in [-0.4, -0.2) is 57.1 Å². The van der Waals surface area contributed by atoms with E-state index in [1.54, 1.807) is 6.20 Å². The average molecular weight is 474 g/mol. The molecule has 0 radical (unpaired) electrons. The lowest BCUT2D eigenvalue weighted by Gasteiger charge is -2.29. The summed E-state index contributed by atoms with van der Waals surface area (Å²) >= 11 is 0. The van der Waals surface area contributed by atoms with Gasteiger partial charge >= 0.3 is 0 Å². The maximum atomic E-state index is 15.0. The van der Waals surface area contributed by atoms with Gasteiger partial charge in [0.15, 0.2) is 0 Å². The summed E-state index contributed by atoms with van der Waals surface area (Å²) in [4.78, 5) is 15.1. The largest absolute Gasteiger partial charge is 0.394 e. The van der Waals surface area contributed by atoms with E-state index in [1.165, 1.54) is 11.9 Å². The number of aliphatic hydroxyl groups is 1. The third-order valence-electron chi connectivity index (χ3n) is 7.35. The fraction of sp³-hybridized carbons (Fsp3) is 0.654. The minimum atomic E-state index is -2.69. The molecule has 2 N–H and O–H groups in total. The number of aliphatic hydroxyl groups excluding tert-OH is 1. The fourth-order valence-electron chi connectivity index (χ4n) is 5.32. The first-order valence-electron chi connectivity index (χ1n) is 12.8. The van der Waals surface area contributed by atoms with Crippen molar-refractivity contribution in [3.8, 4) is 0 Å². The molecule has 1 saturated heterocycles. The van der Waals surface area contributed by atoms with Gasteiger partial charge < -0.3 is 10.4 Å². The number of anilines is 1. The van der Waals surface area contributed by atoms with E-state index in [-0.39, 0.29) is 19.1 Å². The van der Waals surface area contributed by atoms with Crippen molar-refractivity contribution in [3.05, 3.63) is 47.2 Å². The highest BCUT2D eigenvalue weighted by atomic mass is 19.3. The number of pyridine rings is 1. The van der Waals surface area contributed by atoms with Crippen molar-refractivity contribution in [1.82, 2.24) is 19.9 Å². The Morgan fingerprint density at radius 2 is 2.15 bits per heavy atom. The van der Waals surface area contributed by atoms with Crippen LogP contribution in [0.25, 0.3) is 0 Å². The first-order chi connectivity index (χ1) is 16.5. The molecule has 34 heavy (non-hydrogen) atoms. The van der Waals surface area contributed by atoms with Gasteiger partial charge in [0.05, 0.1) is 12.6 Å². The van der Waals surface area contributed by atoms with E-state index in [2.05, 4.69) is 27.4 Å². The summed E-state index contributed by atoms with van der Waals surface area (Å²) in [6.07, 6.45) is 9.51. The Morgan fingerprint density at radius 1 is 1.26 bits per heavy atom. The number of aryl methyl sites for hydroxylation is 3. The summed E-state index contributed by atoms with van der Waals surface area (Å²) in [5.41, 5.74) is 4.03. The van der Waals surface area contributed by atoms with Gasteiger partial charge in [-0.15, -0.1) is 0 Å². The average Bonchev–Trinajstić information content (AvgIpc) is 3.35. The van der Waals surface area contributed by atoms with E-state index in [4.69, 9.17) is 4.98 Å². The van der Waals surface area contributed by atoms with Gasteiger partial charge in [-0.1, -0.05) is 19.4 Å². The number of hydrogen-bond acceptors (Lipinski definition) is 6. The molecule has 0 bridgehead atoms. The quantitative estimate of drug-likeness (QED) is 0.465. The van der Waals surface area contributed by atoms with Crippen molar-refractivity contribution in [2.75, 3.05) is 31.6 Å². The molecule has 1 fully saturated rings. The van der Waals surface area contributed by atoms with Gasteiger partial charge in [0.1, 0.15) is 12.1 Å². The predicted molar refractivity (Wildman–Crippen MR) is 129 cm³/mol. The molecule has 0 amide bonds. The highest BCUT2D eigenvalue weighted by Crippen LogP contribution is 2.39. The minimum Gasteiger partial charge on any atom is -0.394 e. The number of alkyl halides is 2. The Hall–Kier alpha value is -2.19. The molecule has 2 aliphatic heterocycles. The van der Waals surface area contributed by atoms with Crippen LogP contribution in [0.15, 0.2) is 24.7 Å². The van der Waals surface area contributed by atoms with E-state index < -0.39 is 11.8 Å². The Morgan fingerprint density at radius 3 is 2.97 bits per heavy atom. The standard InChI is InChI=1S/C26H37F2N5O/c1-2-23-22(15-29-18-31-23)24(17-34)33-14-11-20(16-33)26(27,28)12-5-3-4-8-21-10-9-19-7-6-13-30-25(19)32-21/h9-10,15,18,20,24,34H,2-8,11-14,16-17H2,1H3,(H,30,32)/t20-,24?/m1/s1. The van der Waals surface area contributed by atoms with Crippen molar-refractivity contribution in [3.63, 3.8) is 0 Å². The van der Waals surface area contributed by atoms with Gasteiger partial charge in [-0.25, -0.2) is 23.7 Å². The first kappa shape index (κ1) is 24.9. The van der Waals surface area contributed by atoms with Crippen molar-refractivity contribution in [2.45, 2.75) is 76.7 Å². The van der Waals surface area contributed by atoms with Crippen LogP contribution in [0, 0.1) is 5.92 Å². The number of likely N-dealkylation sites (tertiary alicyclic amines) is 1. The van der Waals surface area contributed by atoms with Crippen molar-refractivity contribution < 1.29 is 13.9 Å². The number of halogens is 2. The predicted octanol–water partition coefficient (Wildman–Crippen LogP) is 4.59. The number of rotatable bonds is 11. The second-order valence-electron chi connectivity index (χ2n) is 9.62. The molecule has 4 heterocycles. The second-order valence-corrected chi connectivity index (χ2v) is 9.62. The molecular formula is C26H37F2N5O. The molecule has 1 unspecified atom stereocenters. The Kier molecular flexibility index (Phi) is 8.42. The number of hydrogen-bond donors (Lipinski definition) is 2. The lowest BCUT2D eigenvalue weighted by Crippen LogP contribution is -2.34. The second kappa shape index (κ2) is 11.5. The summed E-state index contributed by atoms with van der Waals surface area (Å²) in [5.74, 6) is -2.37. The van der Waals surface area contributed by atoms with Gasteiger partial charge in [-0.3, -0.25) is 4.90 Å². The van der Waals surface area contributed by atoms with Gasteiger partial charge in [0.25, 0.3) is 5.92 Å². The van der Waals surface area contributed by atoms with Crippen LogP contribution >= 0.6 is 0 Å². The first-order valence-corrected chi connectivity index (χ1v) is 12.8. The van der Waals surface area contributed by atoms with Crippen LogP contribution < -0.4 is 5.32 Å². The number of nitrogens with zero attached hydrogens (tertiary/aromatic N) is 4. The maximum Gasteiger partial charge on any atom is 0.252 e. The van der Waals surface area contributed by atoms with Crippen LogP contribution in [0.5, 0.6) is 0 Å². The molecule has 2 atom stereocenters. The number of aromatic nitrogens is 3. The van der Waals surface area contributed by atoms with E-state index in [0.29, 0.717) is 25.9 Å². The van der Waals surface area contributed by atoms with E-state index in [0.717, 1.165) is 67.8 Å². The van der Waals surface area contributed by atoms with Crippen LogP contribution in [0.1, 0.15) is 74.0 Å². The summed E-state index contributed by atoms with van der Waals surface area (Å²) < 4.78 is 30.0. The summed E-state index contributed by atoms with van der Waals surface area (Å²) in [5, 5.41) is 13.4.